The van der Waals surface area contributed by atoms with Gasteiger partial charge in [0.1, 0.15) is 6.04 Å². The molecule has 0 radical (unpaired) electrons. The lowest BCUT2D eigenvalue weighted by molar-refractivity contribution is -0.131. The molecule has 1 aromatic heterocycles. The van der Waals surface area contributed by atoms with E-state index in [4.69, 9.17) is 15.8 Å². The van der Waals surface area contributed by atoms with Crippen LogP contribution >= 0.6 is 11.8 Å². The van der Waals surface area contributed by atoms with Gasteiger partial charge < -0.3 is 21.3 Å². The summed E-state index contributed by atoms with van der Waals surface area (Å²) in [7, 11) is 0. The van der Waals surface area contributed by atoms with Crippen molar-refractivity contribution >= 4 is 29.5 Å². The molecule has 196 valence electrons. The minimum atomic E-state index is -0.652. The first kappa shape index (κ1) is 27.7. The molecule has 2 aromatic rings. The van der Waals surface area contributed by atoms with Crippen molar-refractivity contribution in [3.8, 4) is 11.4 Å². The second kappa shape index (κ2) is 13.4. The van der Waals surface area contributed by atoms with Crippen molar-refractivity contribution in [1.29, 1.82) is 0 Å². The van der Waals surface area contributed by atoms with Crippen LogP contribution in [0.5, 0.6) is 0 Å². The van der Waals surface area contributed by atoms with Crippen molar-refractivity contribution < 1.29 is 14.4 Å². The van der Waals surface area contributed by atoms with Crippen LogP contribution < -0.4 is 16.4 Å². The average molecular weight is 516 g/mol. The molecule has 10 nitrogen and oxygen atoms in total. The maximum absolute atomic E-state index is 13.4. The number of nitrogens with zero attached hydrogens (tertiary/aromatic N) is 4. The Morgan fingerprint density at radius 3 is 2.58 bits per heavy atom. The molecule has 3 rings (SSSR count). The fourth-order valence-electron chi connectivity index (χ4n) is 4.15. The monoisotopic (exact) mass is 515 g/mol. The number of carbonyl (C=O) groups excluding carboxylic acids is 3. The minimum absolute atomic E-state index is 0.00658. The molecule has 0 saturated heterocycles. The van der Waals surface area contributed by atoms with Crippen molar-refractivity contribution in [1.82, 2.24) is 30.3 Å². The van der Waals surface area contributed by atoms with Crippen LogP contribution in [0, 0.1) is 5.92 Å². The molecule has 1 aliphatic heterocycles. The second-order valence-corrected chi connectivity index (χ2v) is 10.2. The molecule has 2 heterocycles. The summed E-state index contributed by atoms with van der Waals surface area (Å²) in [6, 6.07) is 8.57. The van der Waals surface area contributed by atoms with E-state index in [1.807, 2.05) is 50.4 Å². The van der Waals surface area contributed by atoms with E-state index < -0.39 is 12.1 Å². The number of nitrogens with one attached hydrogen (secondary N) is 2. The third-order valence-corrected chi connectivity index (χ3v) is 6.82. The highest BCUT2D eigenvalue weighted by molar-refractivity contribution is 7.98. The summed E-state index contributed by atoms with van der Waals surface area (Å²) in [6.45, 7) is 5.07. The summed E-state index contributed by atoms with van der Waals surface area (Å²) in [4.78, 5) is 45.0. The van der Waals surface area contributed by atoms with Gasteiger partial charge in [0.25, 0.3) is 0 Å². The molecule has 0 bridgehead atoms. The Hall–Kier alpha value is -2.92. The number of rotatable bonds is 6. The molecule has 0 fully saturated rings. The number of benzene rings is 1. The Balaban J connectivity index is 2.02. The summed E-state index contributed by atoms with van der Waals surface area (Å²) in [6.07, 6.45) is 3.18. The van der Waals surface area contributed by atoms with E-state index in [-0.39, 0.29) is 36.6 Å². The molecular formula is C25H37N7O3S. The first-order chi connectivity index (χ1) is 17.3. The predicted molar refractivity (Wildman–Crippen MR) is 141 cm³/mol. The first-order valence-electron chi connectivity index (χ1n) is 12.4. The van der Waals surface area contributed by atoms with Crippen molar-refractivity contribution in [2.45, 2.75) is 51.7 Å². The molecule has 0 saturated carbocycles. The van der Waals surface area contributed by atoms with E-state index in [0.717, 1.165) is 11.3 Å². The molecule has 1 aromatic carbocycles. The number of nitrogens with two attached hydrogens (primary N) is 1. The van der Waals surface area contributed by atoms with Crippen LogP contribution in [-0.4, -0.2) is 75.1 Å². The van der Waals surface area contributed by atoms with E-state index in [9.17, 15) is 14.4 Å². The summed E-state index contributed by atoms with van der Waals surface area (Å²) in [5.41, 5.74) is 6.52. The van der Waals surface area contributed by atoms with Crippen LogP contribution in [0.15, 0.2) is 30.3 Å². The summed E-state index contributed by atoms with van der Waals surface area (Å²) >= 11 is 1.62. The van der Waals surface area contributed by atoms with Crippen LogP contribution in [0.3, 0.4) is 0 Å². The molecule has 3 amide bonds. The number of carbonyl (C=O) groups is 3. The molecule has 2 atom stereocenters. The molecule has 4 N–H and O–H groups in total. The zero-order valence-corrected chi connectivity index (χ0v) is 22.1. The minimum Gasteiger partial charge on any atom is -0.344 e. The van der Waals surface area contributed by atoms with Gasteiger partial charge in [0, 0.05) is 25.1 Å². The van der Waals surface area contributed by atoms with Gasteiger partial charge in [0.15, 0.2) is 11.6 Å². The topological polar surface area (TPSA) is 135 Å². The summed E-state index contributed by atoms with van der Waals surface area (Å²) in [5.74, 6) is 1.29. The largest absolute Gasteiger partial charge is 0.344 e. The van der Waals surface area contributed by atoms with E-state index in [0.29, 0.717) is 44.1 Å². The Morgan fingerprint density at radius 2 is 1.92 bits per heavy atom. The number of hydrogen-bond acceptors (Lipinski definition) is 7. The molecule has 11 heteroatoms. The van der Waals surface area contributed by atoms with Crippen LogP contribution in [0.1, 0.15) is 45.0 Å². The second-order valence-electron chi connectivity index (χ2n) is 9.20. The van der Waals surface area contributed by atoms with Crippen molar-refractivity contribution in [2.24, 2.45) is 11.7 Å². The third-order valence-electron chi connectivity index (χ3n) is 6.18. The van der Waals surface area contributed by atoms with Gasteiger partial charge in [-0.05, 0) is 30.8 Å². The maximum Gasteiger partial charge on any atom is 0.243 e. The normalized spacial score (nSPS) is 19.9. The molecule has 1 unspecified atom stereocenters. The Morgan fingerprint density at radius 1 is 1.17 bits per heavy atom. The standard InChI is InChI=1S/C25H37N7O3S/c1-17(2)22-24-29-23(18-8-5-4-6-9-18)30-32(24)14-13-31(21(34)16-26)12-7-10-20(33)27-19(11-15-36-3)25(35)28-22/h4-6,8-9,17,19,22H,7,10-16,26H2,1-3H3,(H,27,33)(H,28,35)/t19-,22?/m0/s1. The zero-order chi connectivity index (χ0) is 26.1. The lowest BCUT2D eigenvalue weighted by Gasteiger charge is -2.27. The molecular weight excluding hydrogens is 478 g/mol. The van der Waals surface area contributed by atoms with E-state index in [2.05, 4.69) is 10.6 Å². The summed E-state index contributed by atoms with van der Waals surface area (Å²) < 4.78 is 1.78. The van der Waals surface area contributed by atoms with Crippen LogP contribution in [0.2, 0.25) is 0 Å². The average Bonchev–Trinajstić information content (AvgIpc) is 3.30. The number of fused-ring (bicyclic) bond motifs is 1. The van der Waals surface area contributed by atoms with Crippen LogP contribution in [0.4, 0.5) is 0 Å². The van der Waals surface area contributed by atoms with E-state index in [1.165, 1.54) is 0 Å². The maximum atomic E-state index is 13.4. The van der Waals surface area contributed by atoms with Gasteiger partial charge in [-0.15, -0.1) is 0 Å². The van der Waals surface area contributed by atoms with E-state index >= 15 is 0 Å². The predicted octanol–water partition coefficient (Wildman–Crippen LogP) is 1.58. The Bertz CT molecular complexity index is 1030. The number of hydrogen-bond donors (Lipinski definition) is 3. The fourth-order valence-corrected chi connectivity index (χ4v) is 4.62. The van der Waals surface area contributed by atoms with Crippen molar-refractivity contribution in [2.75, 3.05) is 31.6 Å². The van der Waals surface area contributed by atoms with Gasteiger partial charge in [-0.1, -0.05) is 44.2 Å². The van der Waals surface area contributed by atoms with Gasteiger partial charge in [0.05, 0.1) is 19.1 Å². The highest BCUT2D eigenvalue weighted by atomic mass is 32.2. The lowest BCUT2D eigenvalue weighted by atomic mass is 10.0. The first-order valence-corrected chi connectivity index (χ1v) is 13.8. The van der Waals surface area contributed by atoms with Crippen LogP contribution in [0.25, 0.3) is 11.4 Å². The number of aromatic nitrogens is 3. The van der Waals surface area contributed by atoms with E-state index in [1.54, 1.807) is 21.3 Å². The Labute approximate surface area is 216 Å². The summed E-state index contributed by atoms with van der Waals surface area (Å²) in [5, 5.41) is 10.8. The smallest absolute Gasteiger partial charge is 0.243 e. The van der Waals surface area contributed by atoms with Gasteiger partial charge in [-0.25, -0.2) is 9.67 Å². The van der Waals surface area contributed by atoms with Crippen molar-refractivity contribution in [3.63, 3.8) is 0 Å². The fraction of sp³-hybridized carbons (Fsp3) is 0.560. The molecule has 0 spiro atoms. The number of thioether (sulfide) groups is 1. The lowest BCUT2D eigenvalue weighted by Crippen LogP contribution is -2.49. The SMILES string of the molecule is CSCC[C@@H]1NC(=O)CCCN(C(=O)CN)CCn2nc(-c3ccccc3)nc2C(C(C)C)NC1=O. The zero-order valence-electron chi connectivity index (χ0n) is 21.3. The van der Waals surface area contributed by atoms with Crippen LogP contribution in [-0.2, 0) is 20.9 Å². The van der Waals surface area contributed by atoms with Gasteiger partial charge in [-0.3, -0.25) is 14.4 Å². The molecule has 1 aliphatic rings. The Kier molecular flexibility index (Phi) is 10.3. The highest BCUT2D eigenvalue weighted by Crippen LogP contribution is 2.24. The van der Waals surface area contributed by atoms with Crippen molar-refractivity contribution in [3.05, 3.63) is 36.2 Å². The number of amides is 3. The quantitative estimate of drug-likeness (QED) is 0.531. The highest BCUT2D eigenvalue weighted by Gasteiger charge is 2.30. The molecule has 36 heavy (non-hydrogen) atoms. The van der Waals surface area contributed by atoms with Gasteiger partial charge in [-0.2, -0.15) is 16.9 Å². The van der Waals surface area contributed by atoms with Gasteiger partial charge in [0.2, 0.25) is 17.7 Å². The van der Waals surface area contributed by atoms with Gasteiger partial charge >= 0.3 is 0 Å². The third kappa shape index (κ3) is 7.30. The molecule has 0 aliphatic carbocycles.